The van der Waals surface area contributed by atoms with Gasteiger partial charge < -0.3 is 13.9 Å². The molecule has 9 heteroatoms. The van der Waals surface area contributed by atoms with Crippen LogP contribution in [0, 0.1) is 0 Å². The number of furan rings is 1. The number of ether oxygens (including phenoxy) is 2. The van der Waals surface area contributed by atoms with Gasteiger partial charge in [0.2, 0.25) is 0 Å². The van der Waals surface area contributed by atoms with Crippen LogP contribution < -0.4 is 9.47 Å². The molecule has 21 rings (SSSR count). The molecule has 2 aliphatic heterocycles. The number of nitrogens with zero attached hydrogens (tertiary/aromatic N) is 6. The van der Waals surface area contributed by atoms with E-state index >= 15 is 0 Å². The van der Waals surface area contributed by atoms with Crippen LogP contribution >= 0.6 is 0 Å². The van der Waals surface area contributed by atoms with Gasteiger partial charge in [-0.25, -0.2) is 29.9 Å². The quantitative estimate of drug-likeness (QED) is 0.147. The number of rotatable bonds is 8. The fraction of sp³-hybridized carbons (Fsp3) is 0.0217. The van der Waals surface area contributed by atoms with Crippen molar-refractivity contribution in [3.8, 4) is 136 Å². The van der Waals surface area contributed by atoms with Crippen LogP contribution in [-0.2, 0) is 10.8 Å². The van der Waals surface area contributed by atoms with E-state index in [1.165, 1.54) is 22.3 Å². The molecule has 470 valence electrons. The molecule has 9 nitrogen and oxygen atoms in total. The summed E-state index contributed by atoms with van der Waals surface area (Å²) in [7, 11) is 0. The second kappa shape index (κ2) is 22.0. The van der Waals surface area contributed by atoms with Gasteiger partial charge in [-0.2, -0.15) is 0 Å². The summed E-state index contributed by atoms with van der Waals surface area (Å²) in [5.74, 6) is 6.37. The highest BCUT2D eigenvalue weighted by atomic mass is 16.5. The Bertz CT molecular complexity index is 6240. The van der Waals surface area contributed by atoms with Gasteiger partial charge in [0, 0.05) is 72.0 Å². The van der Waals surface area contributed by atoms with Crippen molar-refractivity contribution in [1.82, 2.24) is 29.9 Å². The summed E-state index contributed by atoms with van der Waals surface area (Å²) in [5.41, 5.74) is 22.6. The lowest BCUT2D eigenvalue weighted by Crippen LogP contribution is -2.33. The molecule has 0 fully saturated rings. The molecule has 2 spiro atoms. The van der Waals surface area contributed by atoms with Gasteiger partial charge in [-0.05, 0) is 97.6 Å². The molecule has 0 radical (unpaired) electrons. The highest BCUT2D eigenvalue weighted by molar-refractivity contribution is 6.09. The molecular formula is C92H54N6O3. The SMILES string of the molecule is c1ccc(-c2nc(-c3ccc(-c4ccc5c(c4)C4(c6ccccc6Oc6cccc(-c7nc(-c8ccccc8)nc(-c8ccc(-c9cccc%10c9oc9ccccc9%10)cc8)n7)c64)c4ccccc4-5)cc3)nc(-c3cccc4c3C3(c5ccccc5O4)c4ccccc4-c4ccccc43)n2)cc1. The highest BCUT2D eigenvalue weighted by Crippen LogP contribution is 2.66. The average Bonchev–Trinajstić information content (AvgIpc) is 1.56. The standard InChI is InChI=1S/C92H54N6O3/c1-3-22-57(23-4-1)85-93-87(97-89(95-85)69-32-20-42-80-82(69)91(74-37-14-17-40-78(74)99-80)71-34-11-7-26-63(71)64-27-8-12-35-72(64)91)59-48-44-55(45-49-59)61-52-53-66-65-28-9-13-36-73(65)92(76(66)54-61)75-38-15-18-41-79(75)100-81-43-21-33-70(83(81)92)90-96-86(58-24-5-2-6-25-58)94-88(98-90)60-50-46-56(47-51-60)62-30-19-31-68-67-29-10-16-39-77(67)101-84(62)68/h1-54H. The highest BCUT2D eigenvalue weighted by Gasteiger charge is 2.54. The van der Waals surface area contributed by atoms with E-state index in [1.807, 2.05) is 54.6 Å². The van der Waals surface area contributed by atoms with Gasteiger partial charge in [0.25, 0.3) is 0 Å². The molecule has 17 aromatic rings. The molecule has 0 N–H and O–H groups in total. The van der Waals surface area contributed by atoms with Crippen LogP contribution in [0.1, 0.15) is 44.5 Å². The van der Waals surface area contributed by atoms with Crippen molar-refractivity contribution in [1.29, 1.82) is 0 Å². The Morgan fingerprint density at radius 1 is 0.208 bits per heavy atom. The fourth-order valence-electron chi connectivity index (χ4n) is 16.7. The predicted molar refractivity (Wildman–Crippen MR) is 399 cm³/mol. The molecule has 101 heavy (non-hydrogen) atoms. The second-order valence-electron chi connectivity index (χ2n) is 26.2. The van der Waals surface area contributed by atoms with Crippen LogP contribution in [-0.4, -0.2) is 29.9 Å². The minimum absolute atomic E-state index is 0.526. The van der Waals surface area contributed by atoms with Crippen LogP contribution in [0.4, 0.5) is 0 Å². The zero-order valence-electron chi connectivity index (χ0n) is 54.1. The van der Waals surface area contributed by atoms with Crippen LogP contribution in [0.5, 0.6) is 23.0 Å². The Kier molecular flexibility index (Phi) is 12.3. The molecule has 1 atom stereocenters. The summed E-state index contributed by atoms with van der Waals surface area (Å²) in [6, 6.07) is 115. The van der Waals surface area contributed by atoms with Gasteiger partial charge in [-0.1, -0.05) is 291 Å². The van der Waals surface area contributed by atoms with Gasteiger partial charge in [0.05, 0.1) is 10.8 Å². The minimum atomic E-state index is -0.901. The average molecular weight is 1290 g/mol. The maximum atomic E-state index is 7.13. The monoisotopic (exact) mass is 1290 g/mol. The third kappa shape index (κ3) is 8.38. The zero-order chi connectivity index (χ0) is 66.3. The zero-order valence-corrected chi connectivity index (χ0v) is 54.1. The summed E-state index contributed by atoms with van der Waals surface area (Å²) in [5, 5.41) is 2.17. The second-order valence-corrected chi connectivity index (χ2v) is 26.2. The van der Waals surface area contributed by atoms with Crippen molar-refractivity contribution in [3.05, 3.63) is 372 Å². The van der Waals surface area contributed by atoms with E-state index in [2.05, 4.69) is 273 Å². The number of hydrogen-bond acceptors (Lipinski definition) is 9. The first-order valence-electron chi connectivity index (χ1n) is 34.1. The third-order valence-corrected chi connectivity index (χ3v) is 21.0. The lowest BCUT2D eigenvalue weighted by atomic mass is 9.64. The summed E-state index contributed by atoms with van der Waals surface area (Å²) in [6.45, 7) is 0. The van der Waals surface area contributed by atoms with Crippen LogP contribution in [0.3, 0.4) is 0 Å². The molecule has 0 amide bonds. The maximum Gasteiger partial charge on any atom is 0.164 e. The van der Waals surface area contributed by atoms with Crippen LogP contribution in [0.25, 0.3) is 135 Å². The summed E-state index contributed by atoms with van der Waals surface area (Å²) in [4.78, 5) is 32.4. The molecule has 0 saturated heterocycles. The maximum absolute atomic E-state index is 7.13. The van der Waals surface area contributed by atoms with E-state index in [0.717, 1.165) is 145 Å². The van der Waals surface area contributed by atoms with Gasteiger partial charge in [-0.15, -0.1) is 0 Å². The van der Waals surface area contributed by atoms with Crippen molar-refractivity contribution in [3.63, 3.8) is 0 Å². The van der Waals surface area contributed by atoms with E-state index in [0.29, 0.717) is 34.9 Å². The van der Waals surface area contributed by atoms with Gasteiger partial charge in [-0.3, -0.25) is 0 Å². The number of hydrogen-bond donors (Lipinski definition) is 0. The summed E-state index contributed by atoms with van der Waals surface area (Å²) < 4.78 is 20.6. The summed E-state index contributed by atoms with van der Waals surface area (Å²) in [6.07, 6.45) is 0. The molecule has 2 aliphatic carbocycles. The number of fused-ring (bicyclic) bond motifs is 21. The largest absolute Gasteiger partial charge is 0.457 e. The van der Waals surface area contributed by atoms with Crippen LogP contribution in [0.15, 0.2) is 332 Å². The molecule has 0 saturated carbocycles. The molecule has 3 aromatic heterocycles. The third-order valence-electron chi connectivity index (χ3n) is 21.0. The van der Waals surface area contributed by atoms with Crippen molar-refractivity contribution < 1.29 is 13.9 Å². The van der Waals surface area contributed by atoms with Crippen molar-refractivity contribution in [2.75, 3.05) is 0 Å². The smallest absolute Gasteiger partial charge is 0.164 e. The molecule has 1 unspecified atom stereocenters. The number of para-hydroxylation sites is 4. The molecule has 14 aromatic carbocycles. The Balaban J connectivity index is 0.706. The first-order chi connectivity index (χ1) is 50.0. The van der Waals surface area contributed by atoms with E-state index < -0.39 is 10.8 Å². The van der Waals surface area contributed by atoms with Crippen molar-refractivity contribution >= 4 is 21.9 Å². The normalized spacial score (nSPS) is 14.4. The minimum Gasteiger partial charge on any atom is -0.457 e. The number of aromatic nitrogens is 6. The first kappa shape index (κ1) is 56.7. The molecule has 0 bridgehead atoms. The van der Waals surface area contributed by atoms with E-state index in [-0.39, 0.29) is 0 Å². The molecule has 4 aliphatic rings. The summed E-state index contributed by atoms with van der Waals surface area (Å²) >= 11 is 0. The van der Waals surface area contributed by atoms with Gasteiger partial charge in [0.1, 0.15) is 34.2 Å². The Morgan fingerprint density at radius 2 is 0.554 bits per heavy atom. The van der Waals surface area contributed by atoms with E-state index in [4.69, 9.17) is 43.8 Å². The van der Waals surface area contributed by atoms with Crippen molar-refractivity contribution in [2.24, 2.45) is 0 Å². The topological polar surface area (TPSA) is 109 Å². The van der Waals surface area contributed by atoms with Gasteiger partial charge in [0.15, 0.2) is 34.9 Å². The Morgan fingerprint density at radius 3 is 1.08 bits per heavy atom. The first-order valence-corrected chi connectivity index (χ1v) is 34.1. The van der Waals surface area contributed by atoms with Gasteiger partial charge >= 0.3 is 0 Å². The Labute approximate surface area is 581 Å². The molecule has 5 heterocycles. The van der Waals surface area contributed by atoms with Crippen molar-refractivity contribution in [2.45, 2.75) is 10.8 Å². The molecular weight excluding hydrogens is 1240 g/mol. The van der Waals surface area contributed by atoms with E-state index in [1.54, 1.807) is 0 Å². The van der Waals surface area contributed by atoms with E-state index in [9.17, 15) is 0 Å². The predicted octanol–water partition coefficient (Wildman–Crippen LogP) is 22.2. The number of benzene rings is 14. The van der Waals surface area contributed by atoms with Crippen LogP contribution in [0.2, 0.25) is 0 Å². The Hall–Kier alpha value is -13.5. The lowest BCUT2D eigenvalue weighted by molar-refractivity contribution is 0.436. The fourth-order valence-corrected chi connectivity index (χ4v) is 16.7. The lowest BCUT2D eigenvalue weighted by Gasteiger charge is -2.40.